The highest BCUT2D eigenvalue weighted by Gasteiger charge is 2.14. The van der Waals surface area contributed by atoms with Gasteiger partial charge in [-0.2, -0.15) is 0 Å². The van der Waals surface area contributed by atoms with Crippen LogP contribution in [-0.4, -0.2) is 23.8 Å². The highest BCUT2D eigenvalue weighted by molar-refractivity contribution is 5.94. The Morgan fingerprint density at radius 2 is 1.86 bits per heavy atom. The average molecular weight is 392 g/mol. The van der Waals surface area contributed by atoms with Gasteiger partial charge >= 0.3 is 0 Å². The fourth-order valence-corrected chi connectivity index (χ4v) is 2.81. The largest absolute Gasteiger partial charge is 0.467 e. The molecule has 0 bridgehead atoms. The topological polar surface area (TPSA) is 62.6 Å². The molecule has 0 spiro atoms. The maximum absolute atomic E-state index is 13.3. The number of rotatable bonds is 7. The second-order valence-corrected chi connectivity index (χ2v) is 6.44. The fraction of sp³-hybridized carbons (Fsp3) is 0.130. The van der Waals surface area contributed by atoms with E-state index in [2.05, 4.69) is 5.32 Å². The molecule has 3 aromatic rings. The third-order valence-corrected chi connectivity index (χ3v) is 4.32. The number of furan rings is 1. The molecule has 0 unspecified atom stereocenters. The van der Waals surface area contributed by atoms with E-state index in [0.717, 1.165) is 5.56 Å². The first-order valence-corrected chi connectivity index (χ1v) is 9.11. The molecule has 1 heterocycles. The molecule has 0 radical (unpaired) electrons. The standard InChI is InChI=1S/C23H21FN2O3/c1-25-23(28)19-10-7-18(8-11-19)15-26(16-21-6-3-13-29-21)22(27)12-9-17-4-2-5-20(24)14-17/h2-14H,15-16H2,1H3,(H,25,28)/b12-9+. The van der Waals surface area contributed by atoms with Gasteiger partial charge in [-0.3, -0.25) is 9.59 Å². The Balaban J connectivity index is 1.76. The molecule has 0 atom stereocenters. The Kier molecular flexibility index (Phi) is 6.58. The molecule has 1 aromatic heterocycles. The van der Waals surface area contributed by atoms with Crippen LogP contribution in [-0.2, 0) is 17.9 Å². The van der Waals surface area contributed by atoms with Crippen LogP contribution in [0.2, 0.25) is 0 Å². The summed E-state index contributed by atoms with van der Waals surface area (Å²) in [4.78, 5) is 26.1. The van der Waals surface area contributed by atoms with Gasteiger partial charge in [-0.25, -0.2) is 4.39 Å². The predicted octanol–water partition coefficient (Wildman–Crippen LogP) is 4.02. The summed E-state index contributed by atoms with van der Waals surface area (Å²) in [5, 5.41) is 2.57. The Morgan fingerprint density at radius 3 is 2.52 bits per heavy atom. The molecule has 2 amide bonds. The third-order valence-electron chi connectivity index (χ3n) is 4.32. The first-order chi connectivity index (χ1) is 14.0. The van der Waals surface area contributed by atoms with Crippen molar-refractivity contribution in [2.75, 3.05) is 7.05 Å². The highest BCUT2D eigenvalue weighted by Crippen LogP contribution is 2.14. The molecule has 0 aliphatic carbocycles. The third kappa shape index (κ3) is 5.65. The number of benzene rings is 2. The van der Waals surface area contributed by atoms with Crippen molar-refractivity contribution >= 4 is 17.9 Å². The zero-order chi connectivity index (χ0) is 20.6. The van der Waals surface area contributed by atoms with Crippen molar-refractivity contribution < 1.29 is 18.4 Å². The van der Waals surface area contributed by atoms with Crippen LogP contribution in [0.1, 0.15) is 27.2 Å². The van der Waals surface area contributed by atoms with Crippen LogP contribution in [0.4, 0.5) is 4.39 Å². The normalized spacial score (nSPS) is 10.8. The quantitative estimate of drug-likeness (QED) is 0.618. The molecular formula is C23H21FN2O3. The van der Waals surface area contributed by atoms with Gasteiger partial charge in [0.2, 0.25) is 5.91 Å². The van der Waals surface area contributed by atoms with Crippen molar-refractivity contribution in [1.29, 1.82) is 0 Å². The van der Waals surface area contributed by atoms with Crippen molar-refractivity contribution in [1.82, 2.24) is 10.2 Å². The summed E-state index contributed by atoms with van der Waals surface area (Å²) in [6, 6.07) is 16.6. The van der Waals surface area contributed by atoms with E-state index < -0.39 is 0 Å². The molecule has 2 aromatic carbocycles. The van der Waals surface area contributed by atoms with Crippen LogP contribution < -0.4 is 5.32 Å². The van der Waals surface area contributed by atoms with Crippen LogP contribution in [0.3, 0.4) is 0 Å². The van der Waals surface area contributed by atoms with E-state index in [4.69, 9.17) is 4.42 Å². The molecule has 29 heavy (non-hydrogen) atoms. The summed E-state index contributed by atoms with van der Waals surface area (Å²) in [7, 11) is 1.57. The Bertz CT molecular complexity index is 995. The Labute approximate surface area is 168 Å². The van der Waals surface area contributed by atoms with Crippen molar-refractivity contribution in [3.05, 3.63) is 101 Å². The lowest BCUT2D eigenvalue weighted by atomic mass is 10.1. The van der Waals surface area contributed by atoms with Gasteiger partial charge < -0.3 is 14.6 Å². The second kappa shape index (κ2) is 9.50. The number of nitrogens with one attached hydrogen (secondary N) is 1. The molecule has 6 heteroatoms. The summed E-state index contributed by atoms with van der Waals surface area (Å²) < 4.78 is 18.7. The lowest BCUT2D eigenvalue weighted by Gasteiger charge is -2.20. The minimum Gasteiger partial charge on any atom is -0.467 e. The number of amides is 2. The molecule has 0 fully saturated rings. The number of nitrogens with zero attached hydrogens (tertiary/aromatic N) is 1. The molecule has 3 rings (SSSR count). The lowest BCUT2D eigenvalue weighted by Crippen LogP contribution is -2.28. The van der Waals surface area contributed by atoms with Crippen LogP contribution in [0.5, 0.6) is 0 Å². The molecule has 0 saturated carbocycles. The monoisotopic (exact) mass is 392 g/mol. The molecule has 0 aliphatic rings. The van der Waals surface area contributed by atoms with Gasteiger partial charge in [-0.05, 0) is 53.6 Å². The zero-order valence-corrected chi connectivity index (χ0v) is 16.0. The van der Waals surface area contributed by atoms with Gasteiger partial charge in [0.05, 0.1) is 12.8 Å². The summed E-state index contributed by atoms with van der Waals surface area (Å²) in [5.74, 6) is -0.109. The van der Waals surface area contributed by atoms with Crippen molar-refractivity contribution in [2.24, 2.45) is 0 Å². The minimum absolute atomic E-state index is 0.168. The minimum atomic E-state index is -0.358. The van der Waals surface area contributed by atoms with E-state index in [-0.39, 0.29) is 24.2 Å². The van der Waals surface area contributed by atoms with Crippen molar-refractivity contribution in [3.8, 4) is 0 Å². The molecule has 0 saturated heterocycles. The van der Waals surface area contributed by atoms with Crippen molar-refractivity contribution in [2.45, 2.75) is 13.1 Å². The van der Waals surface area contributed by atoms with E-state index >= 15 is 0 Å². The average Bonchev–Trinajstić information content (AvgIpc) is 3.25. The van der Waals surface area contributed by atoms with E-state index in [1.165, 1.54) is 18.2 Å². The van der Waals surface area contributed by atoms with Gasteiger partial charge in [0.25, 0.3) is 5.91 Å². The fourth-order valence-electron chi connectivity index (χ4n) is 2.81. The van der Waals surface area contributed by atoms with Crippen LogP contribution in [0.25, 0.3) is 6.08 Å². The molecule has 0 aliphatic heterocycles. The van der Waals surface area contributed by atoms with E-state index in [0.29, 0.717) is 23.4 Å². The number of carbonyl (C=O) groups is 2. The van der Waals surface area contributed by atoms with Crippen LogP contribution in [0.15, 0.2) is 77.4 Å². The first kappa shape index (κ1) is 20.1. The van der Waals surface area contributed by atoms with Gasteiger partial charge in [-0.1, -0.05) is 24.3 Å². The van der Waals surface area contributed by atoms with E-state index in [1.54, 1.807) is 60.7 Å². The number of halogens is 1. The summed E-state index contributed by atoms with van der Waals surface area (Å²) in [5.41, 5.74) is 2.02. The van der Waals surface area contributed by atoms with Gasteiger partial charge in [0.15, 0.2) is 0 Å². The van der Waals surface area contributed by atoms with Gasteiger partial charge in [0.1, 0.15) is 11.6 Å². The number of hydrogen-bond acceptors (Lipinski definition) is 3. The molecule has 148 valence electrons. The predicted molar refractivity (Wildman–Crippen MR) is 108 cm³/mol. The molecule has 5 nitrogen and oxygen atoms in total. The maximum Gasteiger partial charge on any atom is 0.251 e. The highest BCUT2D eigenvalue weighted by atomic mass is 19.1. The summed E-state index contributed by atoms with van der Waals surface area (Å²) in [6.07, 6.45) is 4.55. The van der Waals surface area contributed by atoms with Crippen molar-refractivity contribution in [3.63, 3.8) is 0 Å². The number of carbonyl (C=O) groups excluding carboxylic acids is 2. The van der Waals surface area contributed by atoms with Crippen LogP contribution >= 0.6 is 0 Å². The molecule has 1 N–H and O–H groups in total. The summed E-state index contributed by atoms with van der Waals surface area (Å²) >= 11 is 0. The zero-order valence-electron chi connectivity index (χ0n) is 16.0. The molecular weight excluding hydrogens is 371 g/mol. The van der Waals surface area contributed by atoms with E-state index in [9.17, 15) is 14.0 Å². The first-order valence-electron chi connectivity index (χ1n) is 9.11. The van der Waals surface area contributed by atoms with Gasteiger partial charge in [-0.15, -0.1) is 0 Å². The lowest BCUT2D eigenvalue weighted by molar-refractivity contribution is -0.127. The maximum atomic E-state index is 13.3. The second-order valence-electron chi connectivity index (χ2n) is 6.44. The van der Waals surface area contributed by atoms with Crippen LogP contribution in [0, 0.1) is 5.82 Å². The Hall–Kier alpha value is -3.67. The summed E-state index contributed by atoms with van der Waals surface area (Å²) in [6.45, 7) is 0.623. The SMILES string of the molecule is CNC(=O)c1ccc(CN(Cc2ccco2)C(=O)/C=C/c2cccc(F)c2)cc1. The Morgan fingerprint density at radius 1 is 1.07 bits per heavy atom. The van der Waals surface area contributed by atoms with Gasteiger partial charge in [0, 0.05) is 25.2 Å². The smallest absolute Gasteiger partial charge is 0.251 e. The number of hydrogen-bond donors (Lipinski definition) is 1. The van der Waals surface area contributed by atoms with E-state index in [1.807, 2.05) is 12.1 Å².